The molecule has 0 radical (unpaired) electrons. The Labute approximate surface area is 123 Å². The largest absolute Gasteiger partial charge is 0.481 e. The van der Waals surface area contributed by atoms with Crippen LogP contribution in [0.1, 0.15) is 13.3 Å². The first-order valence-corrected chi connectivity index (χ1v) is 6.68. The van der Waals surface area contributed by atoms with Gasteiger partial charge in [0.25, 0.3) is 0 Å². The number of urea groups is 1. The van der Waals surface area contributed by atoms with E-state index in [4.69, 9.17) is 5.11 Å². The van der Waals surface area contributed by atoms with E-state index < -0.39 is 12.0 Å². The van der Waals surface area contributed by atoms with Crippen LogP contribution in [-0.2, 0) is 4.79 Å². The number of anilines is 1. The van der Waals surface area contributed by atoms with E-state index in [1.165, 1.54) is 18.2 Å². The zero-order valence-electron chi connectivity index (χ0n) is 10.2. The maximum Gasteiger partial charge on any atom is 0.319 e. The molecule has 5 nitrogen and oxygen atoms in total. The summed E-state index contributed by atoms with van der Waals surface area (Å²) in [5, 5.41) is 13.7. The molecule has 0 aliphatic heterocycles. The predicted octanol–water partition coefficient (Wildman–Crippen LogP) is 2.66. The maximum atomic E-state index is 12.9. The molecule has 7 heteroatoms. The third-order valence-corrected chi connectivity index (χ3v) is 3.21. The molecule has 0 aliphatic carbocycles. The van der Waals surface area contributed by atoms with Crippen molar-refractivity contribution in [1.29, 1.82) is 0 Å². The number of nitrogens with one attached hydrogen (secondary N) is 2. The summed E-state index contributed by atoms with van der Waals surface area (Å²) in [5.74, 6) is -1.43. The van der Waals surface area contributed by atoms with Crippen molar-refractivity contribution in [3.05, 3.63) is 27.6 Å². The van der Waals surface area contributed by atoms with Crippen LogP contribution in [0.4, 0.5) is 14.9 Å². The minimum absolute atomic E-state index is 0.00559. The molecule has 1 rings (SSSR count). The Bertz CT molecular complexity index is 482. The SMILES string of the molecule is CC(CNC(=O)Nc1ccc(F)cc1I)CC(=O)O. The monoisotopic (exact) mass is 380 g/mol. The molecule has 104 valence electrons. The van der Waals surface area contributed by atoms with E-state index in [9.17, 15) is 14.0 Å². The van der Waals surface area contributed by atoms with Gasteiger partial charge in [-0.05, 0) is 46.7 Å². The maximum absolute atomic E-state index is 12.9. The molecule has 0 aromatic heterocycles. The van der Waals surface area contributed by atoms with Gasteiger partial charge in [0.05, 0.1) is 5.69 Å². The third kappa shape index (κ3) is 5.86. The molecule has 1 atom stereocenters. The van der Waals surface area contributed by atoms with E-state index in [1.807, 2.05) is 22.6 Å². The first-order chi connectivity index (χ1) is 8.88. The lowest BCUT2D eigenvalue weighted by atomic mass is 10.1. The Morgan fingerprint density at radius 3 is 2.74 bits per heavy atom. The number of aliphatic carboxylic acids is 1. The van der Waals surface area contributed by atoms with Gasteiger partial charge in [-0.2, -0.15) is 0 Å². The van der Waals surface area contributed by atoms with Crippen molar-refractivity contribution < 1.29 is 19.1 Å². The minimum atomic E-state index is -0.900. The van der Waals surface area contributed by atoms with E-state index in [0.29, 0.717) is 9.26 Å². The molecule has 1 unspecified atom stereocenters. The summed E-state index contributed by atoms with van der Waals surface area (Å²) in [6.45, 7) is 1.99. The molecule has 0 saturated carbocycles. The van der Waals surface area contributed by atoms with Crippen LogP contribution in [0.3, 0.4) is 0 Å². The predicted molar refractivity (Wildman–Crippen MR) is 77.6 cm³/mol. The molecule has 2 amide bonds. The molecule has 0 fully saturated rings. The summed E-state index contributed by atoms with van der Waals surface area (Å²) in [4.78, 5) is 22.0. The average Bonchev–Trinajstić information content (AvgIpc) is 2.29. The highest BCUT2D eigenvalue weighted by Gasteiger charge is 2.10. The van der Waals surface area contributed by atoms with E-state index in [1.54, 1.807) is 6.92 Å². The van der Waals surface area contributed by atoms with Crippen LogP contribution < -0.4 is 10.6 Å². The molecule has 0 aliphatic rings. The second kappa shape index (κ2) is 7.27. The van der Waals surface area contributed by atoms with Gasteiger partial charge in [-0.25, -0.2) is 9.18 Å². The van der Waals surface area contributed by atoms with Gasteiger partial charge in [-0.1, -0.05) is 6.92 Å². The minimum Gasteiger partial charge on any atom is -0.481 e. The number of amides is 2. The van der Waals surface area contributed by atoms with E-state index >= 15 is 0 Å². The summed E-state index contributed by atoms with van der Waals surface area (Å²) in [6, 6.07) is 3.59. The fourth-order valence-corrected chi connectivity index (χ4v) is 2.01. The fraction of sp³-hybridized carbons (Fsp3) is 0.333. The highest BCUT2D eigenvalue weighted by atomic mass is 127. The standard InChI is InChI=1S/C12H14FIN2O3/c1-7(4-11(17)18)6-15-12(19)16-10-3-2-8(13)5-9(10)14/h2-3,5,7H,4,6H2,1H3,(H,17,18)(H2,15,16,19). The second-order valence-electron chi connectivity index (χ2n) is 4.16. The molecule has 0 heterocycles. The van der Waals surface area contributed by atoms with Crippen LogP contribution in [0.5, 0.6) is 0 Å². The second-order valence-corrected chi connectivity index (χ2v) is 5.32. The third-order valence-electron chi connectivity index (χ3n) is 2.31. The highest BCUT2D eigenvalue weighted by Crippen LogP contribution is 2.18. The first-order valence-electron chi connectivity index (χ1n) is 5.60. The van der Waals surface area contributed by atoms with Gasteiger partial charge in [0.1, 0.15) is 5.82 Å². The molecule has 1 aromatic carbocycles. The molecule has 1 aromatic rings. The Morgan fingerprint density at radius 1 is 1.47 bits per heavy atom. The van der Waals surface area contributed by atoms with Gasteiger partial charge >= 0.3 is 12.0 Å². The summed E-state index contributed by atoms with van der Waals surface area (Å²) in [7, 11) is 0. The number of halogens is 2. The summed E-state index contributed by atoms with van der Waals surface area (Å²) in [5.41, 5.74) is 0.505. The zero-order valence-corrected chi connectivity index (χ0v) is 12.4. The van der Waals surface area contributed by atoms with Crippen LogP contribution in [0, 0.1) is 15.3 Å². The number of carboxylic acid groups (broad SMARTS) is 1. The van der Waals surface area contributed by atoms with E-state index in [0.717, 1.165) is 0 Å². The normalized spacial score (nSPS) is 11.7. The van der Waals surface area contributed by atoms with Gasteiger partial charge < -0.3 is 15.7 Å². The molecule has 3 N–H and O–H groups in total. The van der Waals surface area contributed by atoms with Crippen molar-refractivity contribution in [2.45, 2.75) is 13.3 Å². The summed E-state index contributed by atoms with van der Waals surface area (Å²) < 4.78 is 13.5. The lowest BCUT2D eigenvalue weighted by molar-refractivity contribution is -0.137. The van der Waals surface area contributed by atoms with Gasteiger partial charge in [0.15, 0.2) is 0 Å². The van der Waals surface area contributed by atoms with Crippen LogP contribution >= 0.6 is 22.6 Å². The lowest BCUT2D eigenvalue weighted by Crippen LogP contribution is -2.33. The van der Waals surface area contributed by atoms with Crippen LogP contribution in [0.2, 0.25) is 0 Å². The number of benzene rings is 1. The van der Waals surface area contributed by atoms with Crippen molar-refractivity contribution in [1.82, 2.24) is 5.32 Å². The van der Waals surface area contributed by atoms with E-state index in [2.05, 4.69) is 10.6 Å². The van der Waals surface area contributed by atoms with Gasteiger partial charge in [0, 0.05) is 16.5 Å². The Balaban J connectivity index is 2.45. The van der Waals surface area contributed by atoms with Gasteiger partial charge in [-0.3, -0.25) is 4.79 Å². The Hall–Kier alpha value is -1.38. The highest BCUT2D eigenvalue weighted by molar-refractivity contribution is 14.1. The van der Waals surface area contributed by atoms with Crippen molar-refractivity contribution in [2.24, 2.45) is 5.92 Å². The first kappa shape index (κ1) is 15.7. The smallest absolute Gasteiger partial charge is 0.319 e. The number of carbonyl (C=O) groups is 2. The van der Waals surface area contributed by atoms with Crippen LogP contribution in [-0.4, -0.2) is 23.7 Å². The van der Waals surface area contributed by atoms with Crippen molar-refractivity contribution in [3.63, 3.8) is 0 Å². The summed E-state index contributed by atoms with van der Waals surface area (Å²) in [6.07, 6.45) is -0.00559. The van der Waals surface area contributed by atoms with Crippen molar-refractivity contribution in [2.75, 3.05) is 11.9 Å². The average molecular weight is 380 g/mol. The number of hydrogen-bond acceptors (Lipinski definition) is 2. The lowest BCUT2D eigenvalue weighted by Gasteiger charge is -2.12. The number of carbonyl (C=O) groups excluding carboxylic acids is 1. The molecular formula is C12H14FIN2O3. The zero-order chi connectivity index (χ0) is 14.4. The molecular weight excluding hydrogens is 366 g/mol. The Kier molecular flexibility index (Phi) is 6.00. The van der Waals surface area contributed by atoms with Gasteiger partial charge in [-0.15, -0.1) is 0 Å². The molecule has 0 bridgehead atoms. The molecule has 0 saturated heterocycles. The fourth-order valence-electron chi connectivity index (χ4n) is 1.39. The van der Waals surface area contributed by atoms with Crippen molar-refractivity contribution in [3.8, 4) is 0 Å². The summed E-state index contributed by atoms with van der Waals surface area (Å²) >= 11 is 1.92. The van der Waals surface area contributed by atoms with Crippen LogP contribution in [0.25, 0.3) is 0 Å². The van der Waals surface area contributed by atoms with Crippen molar-refractivity contribution >= 4 is 40.3 Å². The molecule has 19 heavy (non-hydrogen) atoms. The quantitative estimate of drug-likeness (QED) is 0.688. The van der Waals surface area contributed by atoms with Crippen LogP contribution in [0.15, 0.2) is 18.2 Å². The number of carboxylic acids is 1. The molecule has 0 spiro atoms. The van der Waals surface area contributed by atoms with Gasteiger partial charge in [0.2, 0.25) is 0 Å². The Morgan fingerprint density at radius 2 is 2.16 bits per heavy atom. The number of hydrogen-bond donors (Lipinski definition) is 3. The van der Waals surface area contributed by atoms with E-state index in [-0.39, 0.29) is 24.7 Å². The number of rotatable bonds is 5. The topological polar surface area (TPSA) is 78.4 Å².